The van der Waals surface area contributed by atoms with Crippen molar-refractivity contribution in [3.05, 3.63) is 40.5 Å². The minimum Gasteiger partial charge on any atom is -0.207 e. The van der Waals surface area contributed by atoms with Crippen LogP contribution in [0.4, 0.5) is 26.3 Å². The summed E-state index contributed by atoms with van der Waals surface area (Å²) in [7, 11) is 5.14. The summed E-state index contributed by atoms with van der Waals surface area (Å²) in [6, 6.07) is 0. The molecule has 2 radical (unpaired) electrons. The van der Waals surface area contributed by atoms with Crippen molar-refractivity contribution in [2.24, 2.45) is 0 Å². The van der Waals surface area contributed by atoms with Gasteiger partial charge in [0.15, 0.2) is 23.3 Å². The van der Waals surface area contributed by atoms with Gasteiger partial charge in [-0.05, 0) is 6.92 Å². The molecule has 0 aliphatic rings. The lowest BCUT2D eigenvalue weighted by atomic mass is 9.86. The molecule has 0 heterocycles. The number of halogens is 6. The largest absolute Gasteiger partial charge is 0.207 e. The lowest BCUT2D eigenvalue weighted by molar-refractivity contribution is 0.416. The third-order valence-electron chi connectivity index (χ3n) is 2.65. The SMILES string of the molecule is [B]c1c(F)c(C)c(F)c2c(F)c(F)c(F)c(F)c12. The Kier molecular flexibility index (Phi) is 2.79. The summed E-state index contributed by atoms with van der Waals surface area (Å²) in [5.41, 5.74) is -1.68. The fourth-order valence-electron chi connectivity index (χ4n) is 1.69. The van der Waals surface area contributed by atoms with Gasteiger partial charge in [-0.25, -0.2) is 26.3 Å². The lowest BCUT2D eigenvalue weighted by Gasteiger charge is -2.12. The van der Waals surface area contributed by atoms with E-state index in [2.05, 4.69) is 0 Å². The van der Waals surface area contributed by atoms with E-state index in [-0.39, 0.29) is 0 Å². The Morgan fingerprint density at radius 2 is 1.06 bits per heavy atom. The van der Waals surface area contributed by atoms with Gasteiger partial charge in [0.2, 0.25) is 0 Å². The average Bonchev–Trinajstić information content (AvgIpc) is 2.35. The maximum absolute atomic E-state index is 13.6. The second-order valence-corrected chi connectivity index (χ2v) is 3.67. The summed E-state index contributed by atoms with van der Waals surface area (Å²) < 4.78 is 79.7. The van der Waals surface area contributed by atoms with Gasteiger partial charge in [0, 0.05) is 10.9 Å². The van der Waals surface area contributed by atoms with Gasteiger partial charge in [0.05, 0.1) is 5.39 Å². The summed E-state index contributed by atoms with van der Waals surface area (Å²) >= 11 is 0. The van der Waals surface area contributed by atoms with E-state index in [1.165, 1.54) is 0 Å². The minimum atomic E-state index is -2.18. The van der Waals surface area contributed by atoms with Crippen molar-refractivity contribution in [1.82, 2.24) is 0 Å². The molecule has 0 nitrogen and oxygen atoms in total. The average molecular weight is 260 g/mol. The topological polar surface area (TPSA) is 0 Å². The first-order valence-corrected chi connectivity index (χ1v) is 4.67. The molecule has 0 bridgehead atoms. The van der Waals surface area contributed by atoms with Crippen LogP contribution in [-0.4, -0.2) is 7.85 Å². The van der Waals surface area contributed by atoms with Crippen molar-refractivity contribution in [3.63, 3.8) is 0 Å². The number of hydrogen-bond acceptors (Lipinski definition) is 0. The first-order valence-electron chi connectivity index (χ1n) is 4.67. The molecule has 0 saturated carbocycles. The van der Waals surface area contributed by atoms with Crippen LogP contribution in [0.2, 0.25) is 0 Å². The Bertz CT molecular complexity index is 567. The van der Waals surface area contributed by atoms with Gasteiger partial charge in [-0.2, -0.15) is 0 Å². The van der Waals surface area contributed by atoms with Crippen LogP contribution in [0.25, 0.3) is 10.8 Å². The zero-order valence-electron chi connectivity index (χ0n) is 8.85. The molecule has 2 aromatic carbocycles. The summed E-state index contributed by atoms with van der Waals surface area (Å²) in [4.78, 5) is 0. The Morgan fingerprint density at radius 3 is 1.56 bits per heavy atom. The van der Waals surface area contributed by atoms with Crippen LogP contribution in [0.3, 0.4) is 0 Å². The van der Waals surface area contributed by atoms with Crippen LogP contribution in [-0.2, 0) is 0 Å². The van der Waals surface area contributed by atoms with E-state index in [0.717, 1.165) is 6.92 Å². The third kappa shape index (κ3) is 1.42. The quantitative estimate of drug-likeness (QED) is 0.295. The van der Waals surface area contributed by atoms with Gasteiger partial charge in [0.1, 0.15) is 19.5 Å². The molecule has 7 heteroatoms. The molecule has 0 atom stereocenters. The van der Waals surface area contributed by atoms with Crippen molar-refractivity contribution in [1.29, 1.82) is 0 Å². The predicted octanol–water partition coefficient (Wildman–Crippen LogP) is 2.78. The molecule has 92 valence electrons. The number of fused-ring (bicyclic) bond motifs is 1. The molecule has 0 spiro atoms. The van der Waals surface area contributed by atoms with Gasteiger partial charge in [-0.3, -0.25) is 0 Å². The molecule has 2 rings (SSSR count). The van der Waals surface area contributed by atoms with Crippen LogP contribution in [0.1, 0.15) is 5.56 Å². The smallest absolute Gasteiger partial charge is 0.198 e. The van der Waals surface area contributed by atoms with E-state index >= 15 is 0 Å². The molecular formula is C11H3BF6. The van der Waals surface area contributed by atoms with Gasteiger partial charge in [-0.15, -0.1) is 0 Å². The van der Waals surface area contributed by atoms with Gasteiger partial charge < -0.3 is 0 Å². The second-order valence-electron chi connectivity index (χ2n) is 3.67. The molecule has 0 saturated heterocycles. The number of benzene rings is 2. The van der Waals surface area contributed by atoms with Gasteiger partial charge in [-0.1, -0.05) is 5.46 Å². The van der Waals surface area contributed by atoms with E-state index in [1.807, 2.05) is 0 Å². The number of hydrogen-bond donors (Lipinski definition) is 0. The molecule has 2 aromatic rings. The van der Waals surface area contributed by atoms with Crippen molar-refractivity contribution < 1.29 is 26.3 Å². The highest BCUT2D eigenvalue weighted by Crippen LogP contribution is 2.29. The molecule has 18 heavy (non-hydrogen) atoms. The van der Waals surface area contributed by atoms with Crippen molar-refractivity contribution in [3.8, 4) is 0 Å². The first-order chi connectivity index (χ1) is 8.29. The highest BCUT2D eigenvalue weighted by Gasteiger charge is 2.26. The molecule has 0 N–H and O–H groups in total. The molecule has 0 unspecified atom stereocenters. The van der Waals surface area contributed by atoms with Gasteiger partial charge in [0.25, 0.3) is 0 Å². The van der Waals surface area contributed by atoms with Crippen LogP contribution in [0, 0.1) is 41.8 Å². The van der Waals surface area contributed by atoms with Crippen LogP contribution >= 0.6 is 0 Å². The maximum Gasteiger partial charge on any atom is 0.198 e. The summed E-state index contributed by atoms with van der Waals surface area (Å²) in [5.74, 6) is -11.1. The maximum atomic E-state index is 13.6. The van der Waals surface area contributed by atoms with E-state index in [4.69, 9.17) is 7.85 Å². The van der Waals surface area contributed by atoms with Crippen LogP contribution in [0.5, 0.6) is 0 Å². The van der Waals surface area contributed by atoms with E-state index in [9.17, 15) is 26.3 Å². The molecule has 0 fully saturated rings. The molecule has 0 aliphatic heterocycles. The lowest BCUT2D eigenvalue weighted by Crippen LogP contribution is -2.18. The zero-order valence-corrected chi connectivity index (χ0v) is 8.85. The Hall–Kier alpha value is -1.66. The molecule has 0 amide bonds. The molecular weight excluding hydrogens is 257 g/mol. The Morgan fingerprint density at radius 1 is 0.611 bits per heavy atom. The summed E-state index contributed by atoms with van der Waals surface area (Å²) in [5, 5.41) is -2.35. The van der Waals surface area contributed by atoms with E-state index in [1.54, 1.807) is 0 Å². The Labute approximate surface area is 98.6 Å². The monoisotopic (exact) mass is 260 g/mol. The third-order valence-corrected chi connectivity index (χ3v) is 2.65. The normalized spacial score (nSPS) is 11.3. The fraction of sp³-hybridized carbons (Fsp3) is 0.0909. The highest BCUT2D eigenvalue weighted by molar-refractivity contribution is 6.39. The summed E-state index contributed by atoms with van der Waals surface area (Å²) in [6.07, 6.45) is 0. The van der Waals surface area contributed by atoms with Crippen molar-refractivity contribution in [2.75, 3.05) is 0 Å². The number of rotatable bonds is 0. The highest BCUT2D eigenvalue weighted by atomic mass is 19.2. The minimum absolute atomic E-state index is 0.704. The van der Waals surface area contributed by atoms with Crippen molar-refractivity contribution in [2.45, 2.75) is 6.92 Å². The van der Waals surface area contributed by atoms with Crippen LogP contribution < -0.4 is 5.46 Å². The van der Waals surface area contributed by atoms with Crippen molar-refractivity contribution >= 4 is 24.1 Å². The fourth-order valence-corrected chi connectivity index (χ4v) is 1.69. The standard InChI is InChI=1S/C11H3BF6/c1-2-6(13)4-3(5(12)7(2)14)8(15)10(17)11(18)9(4)16/h1H3. The van der Waals surface area contributed by atoms with Crippen LogP contribution in [0.15, 0.2) is 0 Å². The predicted molar refractivity (Wildman–Crippen MR) is 53.8 cm³/mol. The zero-order chi connectivity index (χ0) is 13.8. The van der Waals surface area contributed by atoms with E-state index in [0.29, 0.717) is 0 Å². The van der Waals surface area contributed by atoms with E-state index < -0.39 is 56.7 Å². The first kappa shape index (κ1) is 12.8. The summed E-state index contributed by atoms with van der Waals surface area (Å²) in [6.45, 7) is 0.916. The molecule has 0 aliphatic carbocycles. The Balaban J connectivity index is 3.22. The second kappa shape index (κ2) is 3.93. The van der Waals surface area contributed by atoms with Gasteiger partial charge >= 0.3 is 0 Å². The molecule has 0 aromatic heterocycles.